The lowest BCUT2D eigenvalue weighted by Crippen LogP contribution is -2.56. The van der Waals surface area contributed by atoms with Crippen LogP contribution in [0.15, 0.2) is 59.6 Å². The monoisotopic (exact) mass is 990 g/mol. The number of carbonyl (C=O) groups excluding carboxylic acids is 9. The van der Waals surface area contributed by atoms with Crippen LogP contribution in [0.2, 0.25) is 0 Å². The molecule has 5 atom stereocenters. The molecule has 22 nitrogen and oxygen atoms in total. The third-order valence-electron chi connectivity index (χ3n) is 11.6. The molecular weight excluding hydrogens is 915 g/mol. The maximum Gasteiger partial charge on any atom is 0.255 e. The highest BCUT2D eigenvalue weighted by atomic mass is 16.2. The third-order valence-corrected chi connectivity index (χ3v) is 11.6. The first-order chi connectivity index (χ1) is 33.8. The largest absolute Gasteiger partial charge is 0.370 e. The summed E-state index contributed by atoms with van der Waals surface area (Å²) < 4.78 is 0. The molecule has 0 bridgehead atoms. The van der Waals surface area contributed by atoms with Gasteiger partial charge in [-0.25, -0.2) is 0 Å². The first kappa shape index (κ1) is 58.2. The van der Waals surface area contributed by atoms with Gasteiger partial charge in [-0.3, -0.25) is 59.0 Å². The van der Waals surface area contributed by atoms with Gasteiger partial charge in [0.25, 0.3) is 5.91 Å². The van der Waals surface area contributed by atoms with Gasteiger partial charge in [-0.1, -0.05) is 62.7 Å². The number of benzene rings is 2. The Labute approximate surface area is 415 Å². The minimum absolute atomic E-state index is 0.00231. The second-order valence-electron chi connectivity index (χ2n) is 18.1. The summed E-state index contributed by atoms with van der Waals surface area (Å²) in [5.74, 6) is -4.31. The van der Waals surface area contributed by atoms with Crippen LogP contribution in [0, 0.1) is 5.92 Å². The van der Waals surface area contributed by atoms with Crippen LogP contribution >= 0.6 is 0 Å². The van der Waals surface area contributed by atoms with Crippen LogP contribution in [0.5, 0.6) is 0 Å². The summed E-state index contributed by atoms with van der Waals surface area (Å²) in [6, 6.07) is 11.0. The number of nitrogens with one attached hydrogen (secondary N) is 8. The number of hydrogen-bond acceptors (Lipinski definition) is 11. The minimum atomic E-state index is -1.14. The van der Waals surface area contributed by atoms with Gasteiger partial charge in [0.15, 0.2) is 5.96 Å². The molecule has 0 spiro atoms. The number of aryl methyl sites for hydroxylation is 1. The van der Waals surface area contributed by atoms with Crippen molar-refractivity contribution in [3.8, 4) is 0 Å². The molecule has 9 amide bonds. The highest BCUT2D eigenvalue weighted by Gasteiger charge is 2.35. The molecule has 3 rings (SSSR count). The van der Waals surface area contributed by atoms with Gasteiger partial charge < -0.3 is 54.0 Å². The van der Waals surface area contributed by atoms with Crippen molar-refractivity contribution in [3.05, 3.63) is 65.7 Å². The Morgan fingerprint density at radius 2 is 1.41 bits per heavy atom. The summed E-state index contributed by atoms with van der Waals surface area (Å²) in [5, 5.41) is 16.4. The van der Waals surface area contributed by atoms with E-state index >= 15 is 0 Å². The van der Waals surface area contributed by atoms with Crippen LogP contribution in [0.25, 0.3) is 0 Å². The predicted molar refractivity (Wildman–Crippen MR) is 268 cm³/mol. The molecule has 0 aromatic heterocycles. The number of amides is 9. The molecule has 71 heavy (non-hydrogen) atoms. The second kappa shape index (κ2) is 31.2. The van der Waals surface area contributed by atoms with Gasteiger partial charge in [0.2, 0.25) is 47.3 Å². The number of unbranched alkanes of at least 4 members (excludes halogenated alkanes) is 3. The van der Waals surface area contributed by atoms with E-state index < -0.39 is 72.2 Å². The summed E-state index contributed by atoms with van der Waals surface area (Å²) >= 11 is 0. The number of hydrogen-bond donors (Lipinski definition) is 11. The molecule has 1 fully saturated rings. The molecule has 22 heteroatoms. The van der Waals surface area contributed by atoms with Crippen molar-refractivity contribution in [2.75, 3.05) is 31.5 Å². The molecule has 14 N–H and O–H groups in total. The maximum absolute atomic E-state index is 14.1. The van der Waals surface area contributed by atoms with Crippen molar-refractivity contribution in [2.24, 2.45) is 28.1 Å². The number of rotatable bonds is 29. The predicted octanol–water partition coefficient (Wildman–Crippen LogP) is 0.0429. The van der Waals surface area contributed by atoms with Crippen molar-refractivity contribution >= 4 is 64.8 Å². The van der Waals surface area contributed by atoms with Crippen LogP contribution in [-0.4, -0.2) is 120 Å². The maximum atomic E-state index is 14.1. The minimum Gasteiger partial charge on any atom is -0.370 e. The number of aliphatic imine (C=N–C) groups is 1. The first-order valence-corrected chi connectivity index (χ1v) is 24.4. The highest BCUT2D eigenvalue weighted by Crippen LogP contribution is 2.19. The average Bonchev–Trinajstić information content (AvgIpc) is 3.83. The second-order valence-corrected chi connectivity index (χ2v) is 18.1. The van der Waals surface area contributed by atoms with Crippen LogP contribution in [0.1, 0.15) is 109 Å². The fourth-order valence-electron chi connectivity index (χ4n) is 7.80. The standard InChI is InChI=1S/C49H75N13O9/c1-31(2)28-40(59-48(71)41-17-13-27-62(41)33(4)64)45(68)55-30-43(66)57-39(24-21-34-14-7-5-8-15-34)47(70)58-38(16-10-12-26-54-49(51)52)46(69)56-36-22-19-35(20-23-36)29-37(50)44(67)61-60-42(65)18-9-6-11-25-53-32(3)63/h5,7-8,14-15,19-20,22-23,31,37-41H,6,9-13,16-18,21,24-30,50H2,1-4H3,(H,53,63)(H,55,68)(H,56,69)(H,57,66)(H,58,70)(H,59,71)(H,60,65)(H,61,67)(H4,51,52,54)/t37-,38+,39+,40-,41+/m1/s1. The van der Waals surface area contributed by atoms with Crippen LogP contribution in [0.3, 0.4) is 0 Å². The van der Waals surface area contributed by atoms with Crippen molar-refractivity contribution in [1.82, 2.24) is 42.3 Å². The summed E-state index contributed by atoms with van der Waals surface area (Å²) in [6.45, 7) is 7.36. The first-order valence-electron chi connectivity index (χ1n) is 24.4. The molecule has 1 aliphatic rings. The van der Waals surface area contributed by atoms with Crippen LogP contribution in [0.4, 0.5) is 5.69 Å². The number of nitrogens with zero attached hydrogens (tertiary/aromatic N) is 2. The van der Waals surface area contributed by atoms with Crippen molar-refractivity contribution in [1.29, 1.82) is 0 Å². The van der Waals surface area contributed by atoms with E-state index in [1.807, 2.05) is 44.2 Å². The number of hydrazine groups is 1. The van der Waals surface area contributed by atoms with E-state index in [0.717, 1.165) is 18.4 Å². The highest BCUT2D eigenvalue weighted by molar-refractivity contribution is 5.99. The zero-order valence-corrected chi connectivity index (χ0v) is 41.5. The third kappa shape index (κ3) is 22.9. The van der Waals surface area contributed by atoms with Crippen molar-refractivity contribution in [3.63, 3.8) is 0 Å². The van der Waals surface area contributed by atoms with Crippen LogP contribution < -0.4 is 60.0 Å². The zero-order chi connectivity index (χ0) is 52.3. The Kier molecular flexibility index (Phi) is 25.6. The molecule has 0 radical (unpaired) electrons. The molecule has 0 saturated carbocycles. The lowest BCUT2D eigenvalue weighted by molar-refractivity contribution is -0.138. The topological polar surface area (TPSA) is 344 Å². The Balaban J connectivity index is 1.66. The molecule has 1 saturated heterocycles. The Morgan fingerprint density at radius 1 is 0.704 bits per heavy atom. The Morgan fingerprint density at radius 3 is 2.07 bits per heavy atom. The van der Waals surface area contributed by atoms with Gasteiger partial charge >= 0.3 is 0 Å². The van der Waals surface area contributed by atoms with Crippen molar-refractivity contribution < 1.29 is 43.2 Å². The van der Waals surface area contributed by atoms with Crippen LogP contribution in [-0.2, 0) is 56.0 Å². The lowest BCUT2D eigenvalue weighted by Gasteiger charge is -2.26. The van der Waals surface area contributed by atoms with E-state index in [9.17, 15) is 43.2 Å². The summed E-state index contributed by atoms with van der Waals surface area (Å²) in [4.78, 5) is 122. The SMILES string of the molecule is CC(=O)NCCCCCC(=O)NNC(=O)[C@H](N)Cc1ccc(NC(=O)[C@H](CCCCN=C(N)N)NC(=O)[C@H](CCc2ccccc2)NC(=O)CNC(=O)[C@@H](CC(C)C)NC(=O)[C@@H]2CCCN2C(C)=O)cc1. The lowest BCUT2D eigenvalue weighted by atomic mass is 10.0. The zero-order valence-electron chi connectivity index (χ0n) is 41.5. The van der Waals surface area contributed by atoms with E-state index in [4.69, 9.17) is 17.2 Å². The number of anilines is 1. The van der Waals surface area contributed by atoms with E-state index in [2.05, 4.69) is 47.7 Å². The number of guanidine groups is 1. The van der Waals surface area contributed by atoms with E-state index in [1.165, 1.54) is 18.7 Å². The van der Waals surface area contributed by atoms with Gasteiger partial charge in [0.1, 0.15) is 24.2 Å². The van der Waals surface area contributed by atoms with Gasteiger partial charge in [-0.15, -0.1) is 0 Å². The Bertz CT molecular complexity index is 2120. The van der Waals surface area contributed by atoms with E-state index in [-0.39, 0.29) is 61.7 Å². The molecule has 2 aromatic carbocycles. The number of carbonyl (C=O) groups is 9. The van der Waals surface area contributed by atoms with Gasteiger partial charge in [0.05, 0.1) is 12.6 Å². The average molecular weight is 990 g/mol. The molecule has 390 valence electrons. The molecule has 0 aliphatic carbocycles. The molecular formula is C49H75N13O9. The number of nitrogens with two attached hydrogens (primary N) is 3. The normalized spacial score (nSPS) is 14.7. The summed E-state index contributed by atoms with van der Waals surface area (Å²) in [6.07, 6.45) is 5.37. The quantitative estimate of drug-likeness (QED) is 0.0223. The molecule has 2 aromatic rings. The smallest absolute Gasteiger partial charge is 0.255 e. The number of likely N-dealkylation sites (tertiary alicyclic amines) is 1. The fraction of sp³-hybridized carbons (Fsp3) is 0.551. The molecule has 0 unspecified atom stereocenters. The molecule has 1 heterocycles. The van der Waals surface area contributed by atoms with E-state index in [1.54, 1.807) is 24.3 Å². The summed E-state index contributed by atoms with van der Waals surface area (Å²) in [7, 11) is 0. The molecule has 1 aliphatic heterocycles. The summed E-state index contributed by atoms with van der Waals surface area (Å²) in [5.41, 5.74) is 23.7. The fourth-order valence-corrected chi connectivity index (χ4v) is 7.80. The van der Waals surface area contributed by atoms with E-state index in [0.29, 0.717) is 69.4 Å². The van der Waals surface area contributed by atoms with Gasteiger partial charge in [-0.05, 0) is 99.8 Å². The Hall–Kier alpha value is -7.10. The van der Waals surface area contributed by atoms with Crippen molar-refractivity contribution in [2.45, 2.75) is 141 Å². The van der Waals surface area contributed by atoms with Gasteiger partial charge in [0, 0.05) is 45.6 Å². The van der Waals surface area contributed by atoms with Gasteiger partial charge in [-0.2, -0.15) is 0 Å².